The average Bonchev–Trinajstić information content (AvgIpc) is 2.82. The van der Waals surface area contributed by atoms with Gasteiger partial charge in [-0.15, -0.1) is 0 Å². The Morgan fingerprint density at radius 3 is 2.61 bits per heavy atom. The van der Waals surface area contributed by atoms with Crippen LogP contribution in [0, 0.1) is 0 Å². The molecule has 96 valence electrons. The van der Waals surface area contributed by atoms with Gasteiger partial charge in [0.25, 0.3) is 0 Å². The van der Waals surface area contributed by atoms with E-state index in [1.165, 1.54) is 36.3 Å². The number of hydrogen-bond acceptors (Lipinski definition) is 5. The second-order valence-corrected chi connectivity index (χ2v) is 5.96. The molecule has 0 aliphatic rings. The van der Waals surface area contributed by atoms with Gasteiger partial charge in [-0.05, 0) is 17.7 Å². The highest BCUT2D eigenvalue weighted by molar-refractivity contribution is 7.89. The van der Waals surface area contributed by atoms with Crippen LogP contribution in [0.25, 0.3) is 0 Å². The van der Waals surface area contributed by atoms with Crippen LogP contribution in [0.2, 0.25) is 5.28 Å². The van der Waals surface area contributed by atoms with E-state index in [9.17, 15) is 8.42 Å². The monoisotopic (exact) mass is 287 g/mol. The molecule has 6 nitrogen and oxygen atoms in total. The van der Waals surface area contributed by atoms with Crippen LogP contribution in [0.1, 0.15) is 5.56 Å². The van der Waals surface area contributed by atoms with Crippen LogP contribution in [-0.4, -0.2) is 29.7 Å². The van der Waals surface area contributed by atoms with E-state index >= 15 is 0 Å². The summed E-state index contributed by atoms with van der Waals surface area (Å²) in [6.07, 6.45) is 5.33. The first-order valence-electron chi connectivity index (χ1n) is 4.95. The Morgan fingerprint density at radius 2 is 2.06 bits per heavy atom. The van der Waals surface area contributed by atoms with Gasteiger partial charge in [-0.3, -0.25) is 0 Å². The molecule has 2 aromatic heterocycles. The fourth-order valence-electron chi connectivity index (χ4n) is 1.34. The van der Waals surface area contributed by atoms with Crippen molar-refractivity contribution < 1.29 is 12.8 Å². The Morgan fingerprint density at radius 1 is 1.39 bits per heavy atom. The largest absolute Gasteiger partial charge is 0.472 e. The molecule has 2 rings (SSSR count). The SMILES string of the molecule is CN(Cc1ccoc1)S(=O)(=O)c1cnc(Cl)nc1. The Kier molecular flexibility index (Phi) is 3.65. The molecule has 0 aliphatic carbocycles. The van der Waals surface area contributed by atoms with E-state index in [-0.39, 0.29) is 16.7 Å². The maximum absolute atomic E-state index is 12.1. The fourth-order valence-corrected chi connectivity index (χ4v) is 2.49. The van der Waals surface area contributed by atoms with Crippen molar-refractivity contribution in [2.24, 2.45) is 0 Å². The van der Waals surface area contributed by atoms with Crippen LogP contribution in [-0.2, 0) is 16.6 Å². The summed E-state index contributed by atoms with van der Waals surface area (Å²) < 4.78 is 30.4. The lowest BCUT2D eigenvalue weighted by Gasteiger charge is -2.15. The molecule has 0 saturated heterocycles. The van der Waals surface area contributed by atoms with E-state index in [4.69, 9.17) is 16.0 Å². The van der Waals surface area contributed by atoms with Gasteiger partial charge >= 0.3 is 0 Å². The van der Waals surface area contributed by atoms with Crippen LogP contribution in [0.4, 0.5) is 0 Å². The molecule has 2 heterocycles. The van der Waals surface area contributed by atoms with Gasteiger partial charge in [0.1, 0.15) is 4.90 Å². The summed E-state index contributed by atoms with van der Waals surface area (Å²) in [7, 11) is -2.15. The summed E-state index contributed by atoms with van der Waals surface area (Å²) in [6.45, 7) is 0.210. The van der Waals surface area contributed by atoms with Gasteiger partial charge in [0.05, 0.1) is 24.9 Å². The number of nitrogens with zero attached hydrogens (tertiary/aromatic N) is 3. The Bertz CT molecular complexity index is 610. The molecule has 18 heavy (non-hydrogen) atoms. The summed E-state index contributed by atoms with van der Waals surface area (Å²) >= 11 is 5.51. The minimum Gasteiger partial charge on any atom is -0.472 e. The fraction of sp³-hybridized carbons (Fsp3) is 0.200. The summed E-state index contributed by atoms with van der Waals surface area (Å²) in [6, 6.07) is 1.70. The predicted molar refractivity (Wildman–Crippen MR) is 64.4 cm³/mol. The third kappa shape index (κ3) is 2.69. The Labute approximate surface area is 109 Å². The first kappa shape index (κ1) is 13.0. The van der Waals surface area contributed by atoms with E-state index in [1.54, 1.807) is 6.07 Å². The molecule has 2 aromatic rings. The lowest BCUT2D eigenvalue weighted by molar-refractivity contribution is 0.462. The molecule has 0 unspecified atom stereocenters. The van der Waals surface area contributed by atoms with E-state index < -0.39 is 10.0 Å². The zero-order chi connectivity index (χ0) is 13.2. The molecular weight excluding hydrogens is 278 g/mol. The second-order valence-electron chi connectivity index (χ2n) is 3.58. The first-order valence-corrected chi connectivity index (χ1v) is 6.77. The van der Waals surface area contributed by atoms with E-state index in [0.29, 0.717) is 0 Å². The smallest absolute Gasteiger partial charge is 0.246 e. The number of sulfonamides is 1. The van der Waals surface area contributed by atoms with Crippen LogP contribution in [0.5, 0.6) is 0 Å². The highest BCUT2D eigenvalue weighted by Crippen LogP contribution is 2.16. The molecule has 0 saturated carbocycles. The summed E-state index contributed by atoms with van der Waals surface area (Å²) in [5, 5.41) is 0.00596. The van der Waals surface area contributed by atoms with Crippen LogP contribution >= 0.6 is 11.6 Å². The van der Waals surface area contributed by atoms with Crippen molar-refractivity contribution >= 4 is 21.6 Å². The third-order valence-corrected chi connectivity index (χ3v) is 4.24. The zero-order valence-corrected chi connectivity index (χ0v) is 11.0. The Balaban J connectivity index is 2.22. The van der Waals surface area contributed by atoms with E-state index in [2.05, 4.69) is 9.97 Å². The van der Waals surface area contributed by atoms with Gasteiger partial charge in [-0.2, -0.15) is 4.31 Å². The first-order chi connectivity index (χ1) is 8.50. The van der Waals surface area contributed by atoms with Gasteiger partial charge in [0, 0.05) is 19.2 Å². The standard InChI is InChI=1S/C10H10ClN3O3S/c1-14(6-8-2-3-17-7-8)18(15,16)9-4-12-10(11)13-5-9/h2-5,7H,6H2,1H3. The van der Waals surface area contributed by atoms with Crippen molar-refractivity contribution in [3.05, 3.63) is 41.8 Å². The minimum absolute atomic E-state index is 0.00195. The molecule has 8 heteroatoms. The summed E-state index contributed by atoms with van der Waals surface area (Å²) in [4.78, 5) is 7.31. The average molecular weight is 288 g/mol. The zero-order valence-electron chi connectivity index (χ0n) is 9.45. The minimum atomic E-state index is -3.62. The van der Waals surface area contributed by atoms with Crippen molar-refractivity contribution in [1.29, 1.82) is 0 Å². The van der Waals surface area contributed by atoms with Crippen molar-refractivity contribution in [3.8, 4) is 0 Å². The lowest BCUT2D eigenvalue weighted by Crippen LogP contribution is -2.26. The van der Waals surface area contributed by atoms with Crippen LogP contribution in [0.3, 0.4) is 0 Å². The van der Waals surface area contributed by atoms with Gasteiger partial charge in [0.15, 0.2) is 0 Å². The summed E-state index contributed by atoms with van der Waals surface area (Å²) in [5.41, 5.74) is 0.760. The predicted octanol–water partition coefficient (Wildman–Crippen LogP) is 1.54. The molecule has 0 N–H and O–H groups in total. The molecule has 0 aromatic carbocycles. The van der Waals surface area contributed by atoms with Crippen LogP contribution < -0.4 is 0 Å². The number of aromatic nitrogens is 2. The highest BCUT2D eigenvalue weighted by atomic mass is 35.5. The quantitative estimate of drug-likeness (QED) is 0.797. The number of furan rings is 1. The van der Waals surface area contributed by atoms with Gasteiger partial charge in [-0.1, -0.05) is 0 Å². The maximum Gasteiger partial charge on any atom is 0.246 e. The summed E-state index contributed by atoms with van der Waals surface area (Å²) in [5.74, 6) is 0. The maximum atomic E-state index is 12.1. The topological polar surface area (TPSA) is 76.3 Å². The second kappa shape index (κ2) is 5.05. The lowest BCUT2D eigenvalue weighted by atomic mass is 10.3. The number of hydrogen-bond donors (Lipinski definition) is 0. The molecule has 0 amide bonds. The van der Waals surface area contributed by atoms with Crippen molar-refractivity contribution in [1.82, 2.24) is 14.3 Å². The highest BCUT2D eigenvalue weighted by Gasteiger charge is 2.22. The molecule has 0 spiro atoms. The van der Waals surface area contributed by atoms with Crippen molar-refractivity contribution in [3.63, 3.8) is 0 Å². The molecule has 0 fully saturated rings. The van der Waals surface area contributed by atoms with Crippen molar-refractivity contribution in [2.75, 3.05) is 7.05 Å². The van der Waals surface area contributed by atoms with Gasteiger partial charge < -0.3 is 4.42 Å². The molecule has 0 atom stereocenters. The number of halogens is 1. The van der Waals surface area contributed by atoms with Crippen LogP contribution in [0.15, 0.2) is 40.3 Å². The molecular formula is C10H10ClN3O3S. The third-order valence-electron chi connectivity index (χ3n) is 2.29. The van der Waals surface area contributed by atoms with E-state index in [0.717, 1.165) is 5.56 Å². The number of rotatable bonds is 4. The van der Waals surface area contributed by atoms with Crippen molar-refractivity contribution in [2.45, 2.75) is 11.4 Å². The van der Waals surface area contributed by atoms with Gasteiger partial charge in [0.2, 0.25) is 15.3 Å². The van der Waals surface area contributed by atoms with E-state index in [1.807, 2.05) is 0 Å². The normalized spacial score (nSPS) is 11.9. The molecule has 0 radical (unpaired) electrons. The molecule has 0 bridgehead atoms. The molecule has 0 aliphatic heterocycles. The van der Waals surface area contributed by atoms with Gasteiger partial charge in [-0.25, -0.2) is 18.4 Å². The Hall–Kier alpha value is -1.44.